The molecule has 0 bridgehead atoms. The Kier molecular flexibility index (Phi) is 9.23. The van der Waals surface area contributed by atoms with E-state index in [9.17, 15) is 20.1 Å². The van der Waals surface area contributed by atoms with Crippen LogP contribution in [-0.4, -0.2) is 47.2 Å². The molecule has 2 aromatic carbocycles. The predicted octanol–water partition coefficient (Wildman–Crippen LogP) is 5.92. The van der Waals surface area contributed by atoms with Gasteiger partial charge in [-0.25, -0.2) is 4.79 Å². The number of nitrogens with one attached hydrogen (secondary N) is 1. The first-order valence-corrected chi connectivity index (χ1v) is 11.7. The van der Waals surface area contributed by atoms with Crippen molar-refractivity contribution in [1.29, 1.82) is 0 Å². The molecular weight excluding hydrogens is 539 g/mol. The Hall–Kier alpha value is -1.16. The molecule has 1 fully saturated rings. The predicted molar refractivity (Wildman–Crippen MR) is 129 cm³/mol. The Morgan fingerprint density at radius 3 is 2.30 bits per heavy atom. The molecule has 180 valence electrons. The van der Waals surface area contributed by atoms with Gasteiger partial charge in [-0.05, 0) is 37.0 Å². The normalized spacial score (nSPS) is 15.2. The summed E-state index contributed by atoms with van der Waals surface area (Å²) in [6.07, 6.45) is -0.0853. The van der Waals surface area contributed by atoms with E-state index in [1.165, 1.54) is 31.0 Å². The van der Waals surface area contributed by atoms with Crippen LogP contribution in [0, 0.1) is 5.92 Å². The molecule has 3 rings (SSSR count). The molecule has 0 aliphatic heterocycles. The van der Waals surface area contributed by atoms with Crippen molar-refractivity contribution in [2.75, 3.05) is 25.1 Å². The lowest BCUT2D eigenvalue weighted by Gasteiger charge is -2.21. The molecule has 33 heavy (non-hydrogen) atoms. The summed E-state index contributed by atoms with van der Waals surface area (Å²) in [5, 5.41) is 32.0. The first-order chi connectivity index (χ1) is 15.6. The lowest BCUT2D eigenvalue weighted by molar-refractivity contribution is 0.00874. The van der Waals surface area contributed by atoms with E-state index in [1.807, 2.05) is 0 Å². The summed E-state index contributed by atoms with van der Waals surface area (Å²) in [7, 11) is 0. The fourth-order valence-electron chi connectivity index (χ4n) is 2.94. The van der Waals surface area contributed by atoms with Crippen LogP contribution in [0.15, 0.2) is 18.2 Å². The summed E-state index contributed by atoms with van der Waals surface area (Å²) in [5.41, 5.74) is -0.419. The largest absolute Gasteiger partial charge is 0.489 e. The number of carboxylic acids is 1. The topological polar surface area (TPSA) is 108 Å². The van der Waals surface area contributed by atoms with E-state index in [0.717, 1.165) is 0 Å². The van der Waals surface area contributed by atoms with Crippen LogP contribution in [0.4, 0.5) is 5.69 Å². The van der Waals surface area contributed by atoms with Crippen molar-refractivity contribution in [2.45, 2.75) is 25.2 Å². The third-order valence-electron chi connectivity index (χ3n) is 4.82. The maximum atomic E-state index is 11.7. The number of aromatic carboxylic acids is 1. The lowest BCUT2D eigenvalue weighted by atomic mass is 10.1. The van der Waals surface area contributed by atoms with Gasteiger partial charge < -0.3 is 30.1 Å². The number of carbonyl (C=O) groups is 1. The van der Waals surface area contributed by atoms with E-state index in [1.54, 1.807) is 0 Å². The first kappa shape index (κ1) is 26.4. The number of anilines is 1. The Labute approximate surface area is 215 Å². The van der Waals surface area contributed by atoms with Gasteiger partial charge >= 0.3 is 5.97 Å². The maximum absolute atomic E-state index is 11.7. The summed E-state index contributed by atoms with van der Waals surface area (Å²) >= 11 is 30.4. The van der Waals surface area contributed by atoms with E-state index < -0.39 is 23.9 Å². The maximum Gasteiger partial charge on any atom is 0.337 e. The summed E-state index contributed by atoms with van der Waals surface area (Å²) < 4.78 is 11.0. The van der Waals surface area contributed by atoms with Crippen molar-refractivity contribution < 1.29 is 29.6 Å². The molecule has 0 amide bonds. The average molecular weight is 560 g/mol. The van der Waals surface area contributed by atoms with E-state index >= 15 is 0 Å². The number of benzene rings is 2. The van der Waals surface area contributed by atoms with E-state index in [-0.39, 0.29) is 43.9 Å². The van der Waals surface area contributed by atoms with Crippen molar-refractivity contribution in [1.82, 2.24) is 0 Å². The second-order valence-electron chi connectivity index (χ2n) is 7.49. The van der Waals surface area contributed by atoms with Crippen LogP contribution in [0.5, 0.6) is 5.75 Å². The van der Waals surface area contributed by atoms with E-state index in [4.69, 9.17) is 67.5 Å². The minimum Gasteiger partial charge on any atom is -0.489 e. The molecule has 0 heterocycles. The van der Waals surface area contributed by atoms with Gasteiger partial charge in [0.15, 0.2) is 6.23 Å². The van der Waals surface area contributed by atoms with Crippen molar-refractivity contribution in [3.05, 3.63) is 54.4 Å². The van der Waals surface area contributed by atoms with Crippen molar-refractivity contribution in [3.8, 4) is 5.75 Å². The van der Waals surface area contributed by atoms with Gasteiger partial charge in [0.1, 0.15) is 18.5 Å². The van der Waals surface area contributed by atoms with Crippen LogP contribution in [0.3, 0.4) is 0 Å². The highest BCUT2D eigenvalue weighted by molar-refractivity contribution is 6.53. The smallest absolute Gasteiger partial charge is 0.337 e. The van der Waals surface area contributed by atoms with Gasteiger partial charge in [-0.3, -0.25) is 0 Å². The van der Waals surface area contributed by atoms with Crippen molar-refractivity contribution in [2.24, 2.45) is 5.92 Å². The van der Waals surface area contributed by atoms with Crippen LogP contribution in [0.1, 0.15) is 35.0 Å². The molecule has 1 aliphatic carbocycles. The molecule has 4 N–H and O–H groups in total. The average Bonchev–Trinajstić information content (AvgIpc) is 3.58. The molecule has 2 aromatic rings. The molecule has 0 saturated heterocycles. The van der Waals surface area contributed by atoms with Gasteiger partial charge in [0.25, 0.3) is 0 Å². The van der Waals surface area contributed by atoms with Gasteiger partial charge in [0.2, 0.25) is 0 Å². The minimum atomic E-state index is -1.61. The fourth-order valence-corrected chi connectivity index (χ4v) is 4.23. The zero-order valence-corrected chi connectivity index (χ0v) is 20.7. The third-order valence-corrected chi connectivity index (χ3v) is 6.93. The van der Waals surface area contributed by atoms with Gasteiger partial charge in [-0.15, -0.1) is 0 Å². The van der Waals surface area contributed by atoms with Crippen LogP contribution in [0.2, 0.25) is 25.1 Å². The Bertz CT molecular complexity index is 1030. The zero-order chi connectivity index (χ0) is 24.3. The highest BCUT2D eigenvalue weighted by Crippen LogP contribution is 2.44. The molecule has 2 atom stereocenters. The standard InChI is InChI=1S/C21H20Cl5NO6/c22-12-5-10(3-4-13(12)33-8-11(28)7-32-6-9-1-2-9)27-20(29)14-15(21(30)31)17(24)19(26)18(25)16(14)23/h3-5,9,11,20,27-29H,1-2,6-8H2,(H,30,31). The number of ether oxygens (including phenoxy) is 2. The Balaban J connectivity index is 1.68. The minimum absolute atomic E-state index is 0.0147. The molecule has 0 aromatic heterocycles. The quantitative estimate of drug-likeness (QED) is 0.154. The van der Waals surface area contributed by atoms with Crippen molar-refractivity contribution >= 4 is 69.7 Å². The third kappa shape index (κ3) is 6.71. The number of aliphatic hydroxyl groups excluding tert-OH is 2. The number of hydrogen-bond donors (Lipinski definition) is 4. The number of rotatable bonds is 11. The SMILES string of the molecule is O=C(O)c1c(Cl)c(Cl)c(Cl)c(Cl)c1C(O)Nc1ccc(OCC(O)COCC2CC2)c(Cl)c1. The van der Waals surface area contributed by atoms with Crippen LogP contribution in [-0.2, 0) is 4.74 Å². The molecule has 0 radical (unpaired) electrons. The van der Waals surface area contributed by atoms with E-state index in [0.29, 0.717) is 24.0 Å². The second-order valence-corrected chi connectivity index (χ2v) is 9.41. The molecule has 1 saturated carbocycles. The summed E-state index contributed by atoms with van der Waals surface area (Å²) in [6, 6.07) is 4.51. The summed E-state index contributed by atoms with van der Waals surface area (Å²) in [5.74, 6) is -0.540. The number of halogens is 5. The molecular formula is C21H20Cl5NO6. The number of hydrogen-bond acceptors (Lipinski definition) is 6. The van der Waals surface area contributed by atoms with Gasteiger partial charge in [0, 0.05) is 17.9 Å². The molecule has 7 nitrogen and oxygen atoms in total. The first-order valence-electron chi connectivity index (χ1n) is 9.82. The van der Waals surface area contributed by atoms with Crippen LogP contribution < -0.4 is 10.1 Å². The van der Waals surface area contributed by atoms with Gasteiger partial charge in [-0.2, -0.15) is 0 Å². The highest BCUT2D eigenvalue weighted by atomic mass is 35.5. The molecule has 1 aliphatic rings. The summed E-state index contributed by atoms with van der Waals surface area (Å²) in [6.45, 7) is 0.788. The van der Waals surface area contributed by atoms with Crippen LogP contribution >= 0.6 is 58.0 Å². The van der Waals surface area contributed by atoms with Gasteiger partial charge in [0.05, 0.1) is 37.3 Å². The van der Waals surface area contributed by atoms with E-state index in [2.05, 4.69) is 5.32 Å². The number of carboxylic acid groups (broad SMARTS) is 1. The van der Waals surface area contributed by atoms with Crippen LogP contribution in [0.25, 0.3) is 0 Å². The summed E-state index contributed by atoms with van der Waals surface area (Å²) in [4.78, 5) is 11.7. The Morgan fingerprint density at radius 1 is 1.03 bits per heavy atom. The molecule has 12 heteroatoms. The second kappa shape index (κ2) is 11.5. The number of aliphatic hydroxyl groups is 2. The molecule has 0 spiro atoms. The fraction of sp³-hybridized carbons (Fsp3) is 0.381. The zero-order valence-electron chi connectivity index (χ0n) is 17.0. The van der Waals surface area contributed by atoms with Crippen molar-refractivity contribution in [3.63, 3.8) is 0 Å². The molecule has 2 unspecified atom stereocenters. The lowest BCUT2D eigenvalue weighted by Crippen LogP contribution is -2.24. The highest BCUT2D eigenvalue weighted by Gasteiger charge is 2.29. The van der Waals surface area contributed by atoms with Gasteiger partial charge in [-0.1, -0.05) is 58.0 Å². The Morgan fingerprint density at radius 2 is 1.70 bits per heavy atom. The monoisotopic (exact) mass is 557 g/mol.